The number of nitrogens with zero attached hydrogens (tertiary/aromatic N) is 2. The van der Waals surface area contributed by atoms with Gasteiger partial charge in [-0.05, 0) is 44.9 Å². The fourth-order valence-corrected chi connectivity index (χ4v) is 4.66. The number of piperidine rings is 1. The number of carbonyl (C=O) groups is 1. The number of rotatable bonds is 0. The van der Waals surface area contributed by atoms with Crippen molar-refractivity contribution in [3.8, 4) is 0 Å². The number of fused-ring (bicyclic) bond motifs is 2. The Bertz CT molecular complexity index is 614. The van der Waals surface area contributed by atoms with Crippen LogP contribution in [0.2, 0.25) is 0 Å². The largest absolute Gasteiger partial charge is 0.444 e. The molecule has 2 heterocycles. The van der Waals surface area contributed by atoms with Crippen molar-refractivity contribution in [3.05, 3.63) is 17.5 Å². The zero-order valence-corrected chi connectivity index (χ0v) is 15.1. The zero-order valence-electron chi connectivity index (χ0n) is 15.1. The van der Waals surface area contributed by atoms with Crippen LogP contribution in [-0.2, 0) is 16.6 Å². The third kappa shape index (κ3) is 2.74. The van der Waals surface area contributed by atoms with Gasteiger partial charge in [0.05, 0.1) is 6.20 Å². The van der Waals surface area contributed by atoms with E-state index < -0.39 is 5.60 Å². The quantitative estimate of drug-likeness (QED) is 0.730. The van der Waals surface area contributed by atoms with Crippen LogP contribution in [-0.4, -0.2) is 34.8 Å². The lowest BCUT2D eigenvalue weighted by molar-refractivity contribution is -0.0336. The van der Waals surface area contributed by atoms with Crippen LogP contribution in [0.15, 0.2) is 10.7 Å². The Kier molecular flexibility index (Phi) is 3.54. The minimum Gasteiger partial charge on any atom is -0.444 e. The second-order valence-corrected chi connectivity index (χ2v) is 8.98. The molecule has 0 radical (unpaired) electrons. The summed E-state index contributed by atoms with van der Waals surface area (Å²) in [7, 11) is 0. The third-order valence-corrected chi connectivity index (χ3v) is 5.43. The summed E-state index contributed by atoms with van der Waals surface area (Å²) in [6.07, 6.45) is 3.50. The average molecular weight is 320 g/mol. The highest BCUT2D eigenvalue weighted by molar-refractivity contribution is 5.68. The Balaban J connectivity index is 1.85. The highest BCUT2D eigenvalue weighted by Gasteiger charge is 2.54. The van der Waals surface area contributed by atoms with E-state index in [1.54, 1.807) is 0 Å². The molecule has 1 aliphatic carbocycles. The van der Waals surface area contributed by atoms with Crippen LogP contribution >= 0.6 is 0 Å². The van der Waals surface area contributed by atoms with E-state index in [1.807, 2.05) is 31.9 Å². The number of amides is 1. The smallest absolute Gasteiger partial charge is 0.410 e. The van der Waals surface area contributed by atoms with E-state index in [1.165, 1.54) is 5.56 Å². The lowest BCUT2D eigenvalue weighted by Gasteiger charge is -2.54. The Morgan fingerprint density at radius 2 is 2.09 bits per heavy atom. The normalized spacial score (nSPS) is 29.7. The van der Waals surface area contributed by atoms with Crippen LogP contribution < -0.4 is 0 Å². The molecular weight excluding hydrogens is 292 g/mol. The Labute approximate surface area is 138 Å². The van der Waals surface area contributed by atoms with E-state index in [0.717, 1.165) is 31.7 Å². The predicted molar refractivity (Wildman–Crippen MR) is 87.3 cm³/mol. The van der Waals surface area contributed by atoms with Crippen molar-refractivity contribution in [3.63, 3.8) is 0 Å². The van der Waals surface area contributed by atoms with Gasteiger partial charge in [0, 0.05) is 24.1 Å². The van der Waals surface area contributed by atoms with Crippen molar-refractivity contribution in [2.45, 2.75) is 65.4 Å². The van der Waals surface area contributed by atoms with Gasteiger partial charge >= 0.3 is 6.09 Å². The Morgan fingerprint density at radius 1 is 1.39 bits per heavy atom. The minimum atomic E-state index is -0.456. The molecule has 5 nitrogen and oxygen atoms in total. The lowest BCUT2D eigenvalue weighted by atomic mass is 9.54. The minimum absolute atomic E-state index is 0.0250. The molecule has 1 amide bonds. The van der Waals surface area contributed by atoms with Gasteiger partial charge in [-0.1, -0.05) is 25.9 Å². The molecule has 0 bridgehead atoms. The molecule has 23 heavy (non-hydrogen) atoms. The summed E-state index contributed by atoms with van der Waals surface area (Å²) in [4.78, 5) is 14.3. The molecule has 1 aromatic heterocycles. The molecule has 0 saturated carbocycles. The Morgan fingerprint density at radius 3 is 2.74 bits per heavy atom. The van der Waals surface area contributed by atoms with Gasteiger partial charge in [0.1, 0.15) is 11.4 Å². The average Bonchev–Trinajstić information content (AvgIpc) is 2.84. The molecule has 0 aromatic carbocycles. The molecule has 0 spiro atoms. The molecule has 3 rings (SSSR count). The molecule has 5 heteroatoms. The summed E-state index contributed by atoms with van der Waals surface area (Å²) in [5, 5.41) is 4.01. The number of hydrogen-bond donors (Lipinski definition) is 0. The topological polar surface area (TPSA) is 55.6 Å². The first kappa shape index (κ1) is 16.3. The standard InChI is InChI=1S/C18H28N2O3/c1-16(2,3)22-15(21)20-8-7-13-17(4,5)14-12(10-19-23-14)9-18(13,6)11-20/h10,13H,7-9,11H2,1-6H3/t13-,18?/m0/s1. The summed E-state index contributed by atoms with van der Waals surface area (Å²) >= 11 is 0. The van der Waals surface area contributed by atoms with Crippen LogP contribution in [0.4, 0.5) is 4.79 Å². The van der Waals surface area contributed by atoms with Crippen molar-refractivity contribution < 1.29 is 14.1 Å². The molecule has 128 valence electrons. The zero-order chi connectivity index (χ0) is 17.0. The second-order valence-electron chi connectivity index (χ2n) is 8.98. The fraction of sp³-hybridized carbons (Fsp3) is 0.778. The van der Waals surface area contributed by atoms with E-state index >= 15 is 0 Å². The van der Waals surface area contributed by atoms with Crippen molar-refractivity contribution in [2.24, 2.45) is 11.3 Å². The first-order chi connectivity index (χ1) is 10.5. The summed E-state index contributed by atoms with van der Waals surface area (Å²) < 4.78 is 11.1. The van der Waals surface area contributed by atoms with Crippen LogP contribution in [0.1, 0.15) is 59.3 Å². The van der Waals surface area contributed by atoms with Gasteiger partial charge in [-0.2, -0.15) is 0 Å². The maximum absolute atomic E-state index is 12.5. The third-order valence-electron chi connectivity index (χ3n) is 5.43. The van der Waals surface area contributed by atoms with E-state index in [0.29, 0.717) is 5.92 Å². The fourth-order valence-electron chi connectivity index (χ4n) is 4.66. The van der Waals surface area contributed by atoms with Crippen molar-refractivity contribution >= 4 is 6.09 Å². The van der Waals surface area contributed by atoms with Gasteiger partial charge in [-0.3, -0.25) is 0 Å². The number of hydrogen-bond acceptors (Lipinski definition) is 4. The van der Waals surface area contributed by atoms with E-state index in [-0.39, 0.29) is 16.9 Å². The molecular formula is C18H28N2O3. The molecule has 1 unspecified atom stereocenters. The SMILES string of the molecule is CC(C)(C)OC(=O)N1CC[C@@H]2C(C)(Cc3cnoc3C2(C)C)C1. The number of ether oxygens (including phenoxy) is 1. The maximum Gasteiger partial charge on any atom is 0.410 e. The van der Waals surface area contributed by atoms with E-state index in [9.17, 15) is 4.79 Å². The summed E-state index contributed by atoms with van der Waals surface area (Å²) in [5.41, 5.74) is 0.693. The summed E-state index contributed by atoms with van der Waals surface area (Å²) in [5.74, 6) is 1.49. The van der Waals surface area contributed by atoms with Gasteiger partial charge in [-0.15, -0.1) is 0 Å². The van der Waals surface area contributed by atoms with Crippen LogP contribution in [0, 0.1) is 11.3 Å². The Hall–Kier alpha value is -1.52. The summed E-state index contributed by atoms with van der Waals surface area (Å²) in [6.45, 7) is 13.9. The van der Waals surface area contributed by atoms with Crippen LogP contribution in [0.25, 0.3) is 0 Å². The number of aromatic nitrogens is 1. The highest BCUT2D eigenvalue weighted by Crippen LogP contribution is 2.54. The van der Waals surface area contributed by atoms with Gasteiger partial charge in [-0.25, -0.2) is 4.79 Å². The molecule has 2 aliphatic rings. The maximum atomic E-state index is 12.5. The van der Waals surface area contributed by atoms with Crippen molar-refractivity contribution in [1.29, 1.82) is 0 Å². The van der Waals surface area contributed by atoms with E-state index in [4.69, 9.17) is 9.26 Å². The lowest BCUT2D eigenvalue weighted by Crippen LogP contribution is -2.57. The number of likely N-dealkylation sites (tertiary alicyclic amines) is 1. The van der Waals surface area contributed by atoms with Gasteiger partial charge in [0.25, 0.3) is 0 Å². The first-order valence-electron chi connectivity index (χ1n) is 8.45. The molecule has 1 aromatic rings. The van der Waals surface area contributed by atoms with Crippen molar-refractivity contribution in [2.75, 3.05) is 13.1 Å². The van der Waals surface area contributed by atoms with E-state index in [2.05, 4.69) is 25.9 Å². The van der Waals surface area contributed by atoms with Gasteiger partial charge < -0.3 is 14.2 Å². The highest BCUT2D eigenvalue weighted by atomic mass is 16.6. The van der Waals surface area contributed by atoms with Gasteiger partial charge in [0.15, 0.2) is 0 Å². The first-order valence-corrected chi connectivity index (χ1v) is 8.45. The molecule has 1 fully saturated rings. The molecule has 0 N–H and O–H groups in total. The second kappa shape index (κ2) is 4.99. The van der Waals surface area contributed by atoms with Crippen LogP contribution in [0.5, 0.6) is 0 Å². The van der Waals surface area contributed by atoms with Crippen molar-refractivity contribution in [1.82, 2.24) is 10.1 Å². The molecule has 1 aliphatic heterocycles. The van der Waals surface area contributed by atoms with Crippen LogP contribution in [0.3, 0.4) is 0 Å². The number of carbonyl (C=O) groups excluding carboxylic acids is 1. The predicted octanol–water partition coefficient (Wildman–Crippen LogP) is 3.77. The molecule has 1 saturated heterocycles. The molecule has 2 atom stereocenters. The summed E-state index contributed by atoms with van der Waals surface area (Å²) in [6, 6.07) is 0. The monoisotopic (exact) mass is 320 g/mol. The van der Waals surface area contributed by atoms with Gasteiger partial charge in [0.2, 0.25) is 0 Å².